The van der Waals surface area contributed by atoms with E-state index in [1.54, 1.807) is 4.90 Å². The van der Waals surface area contributed by atoms with Crippen molar-refractivity contribution < 1.29 is 14.3 Å². The van der Waals surface area contributed by atoms with Gasteiger partial charge in [0, 0.05) is 12.5 Å². The molecular weight excluding hydrogens is 254 g/mol. The minimum absolute atomic E-state index is 0.0602. The lowest BCUT2D eigenvalue weighted by Gasteiger charge is -2.26. The average Bonchev–Trinajstić information content (AvgIpc) is 2.94. The Balaban J connectivity index is 1.84. The maximum Gasteiger partial charge on any atom is 0.328 e. The zero-order chi connectivity index (χ0) is 14.5. The molecule has 4 nitrogen and oxygen atoms in total. The Morgan fingerprint density at radius 1 is 1.30 bits per heavy atom. The van der Waals surface area contributed by atoms with Gasteiger partial charge in [-0.3, -0.25) is 4.79 Å². The van der Waals surface area contributed by atoms with Crippen molar-refractivity contribution in [3.8, 4) is 0 Å². The second-order valence-corrected chi connectivity index (χ2v) is 6.12. The van der Waals surface area contributed by atoms with E-state index in [1.165, 1.54) is 0 Å². The van der Waals surface area contributed by atoms with Crippen LogP contribution >= 0.6 is 0 Å². The van der Waals surface area contributed by atoms with Gasteiger partial charge < -0.3 is 9.64 Å². The van der Waals surface area contributed by atoms with E-state index in [0.29, 0.717) is 19.1 Å². The van der Waals surface area contributed by atoms with Gasteiger partial charge in [-0.05, 0) is 38.0 Å². The molecule has 112 valence electrons. The van der Waals surface area contributed by atoms with E-state index >= 15 is 0 Å². The summed E-state index contributed by atoms with van der Waals surface area (Å²) in [4.78, 5) is 26.0. The Morgan fingerprint density at radius 3 is 2.75 bits per heavy atom. The van der Waals surface area contributed by atoms with E-state index < -0.39 is 0 Å². The van der Waals surface area contributed by atoms with Crippen LogP contribution in [0.1, 0.15) is 46.0 Å². The summed E-state index contributed by atoms with van der Waals surface area (Å²) in [7, 11) is 0. The van der Waals surface area contributed by atoms with Gasteiger partial charge in [0.15, 0.2) is 0 Å². The Kier molecular flexibility index (Phi) is 5.21. The molecule has 1 fully saturated rings. The van der Waals surface area contributed by atoms with Crippen molar-refractivity contribution >= 4 is 11.9 Å². The van der Waals surface area contributed by atoms with Crippen LogP contribution in [-0.4, -0.2) is 36.0 Å². The Labute approximate surface area is 121 Å². The Morgan fingerprint density at radius 2 is 2.10 bits per heavy atom. The van der Waals surface area contributed by atoms with E-state index in [1.807, 2.05) is 13.8 Å². The highest BCUT2D eigenvalue weighted by Crippen LogP contribution is 2.23. The zero-order valence-corrected chi connectivity index (χ0v) is 12.5. The molecular formula is C16H25NO3. The van der Waals surface area contributed by atoms with Gasteiger partial charge in [-0.1, -0.05) is 26.0 Å². The highest BCUT2D eigenvalue weighted by molar-refractivity contribution is 5.86. The van der Waals surface area contributed by atoms with Crippen molar-refractivity contribution in [3.63, 3.8) is 0 Å². The molecule has 0 radical (unpaired) electrons. The van der Waals surface area contributed by atoms with Gasteiger partial charge in [0.1, 0.15) is 6.04 Å². The topological polar surface area (TPSA) is 46.6 Å². The molecule has 1 heterocycles. The third-order valence-electron chi connectivity index (χ3n) is 4.14. The first-order valence-electron chi connectivity index (χ1n) is 7.71. The Hall–Kier alpha value is -1.32. The normalized spacial score (nSPS) is 26.1. The van der Waals surface area contributed by atoms with Gasteiger partial charge in [-0.15, -0.1) is 0 Å². The second kappa shape index (κ2) is 6.91. The van der Waals surface area contributed by atoms with Crippen LogP contribution in [-0.2, 0) is 14.3 Å². The number of carbonyl (C=O) groups is 2. The number of ether oxygens (including phenoxy) is 1. The molecule has 0 aromatic heterocycles. The molecule has 2 atom stereocenters. The number of carbonyl (C=O) groups excluding carboxylic acids is 2. The summed E-state index contributed by atoms with van der Waals surface area (Å²) in [6.45, 7) is 4.92. The first-order chi connectivity index (χ1) is 9.59. The minimum atomic E-state index is -0.357. The molecule has 0 bridgehead atoms. The van der Waals surface area contributed by atoms with Crippen LogP contribution in [0.2, 0.25) is 0 Å². The highest BCUT2D eigenvalue weighted by atomic mass is 16.5. The number of esters is 1. The van der Waals surface area contributed by atoms with Gasteiger partial charge in [-0.25, -0.2) is 4.79 Å². The van der Waals surface area contributed by atoms with Crippen molar-refractivity contribution in [1.82, 2.24) is 4.90 Å². The monoisotopic (exact) mass is 279 g/mol. The summed E-state index contributed by atoms with van der Waals surface area (Å²) < 4.78 is 5.46. The third kappa shape index (κ3) is 3.62. The molecule has 1 amide bonds. The van der Waals surface area contributed by atoms with E-state index in [-0.39, 0.29) is 23.8 Å². The van der Waals surface area contributed by atoms with Crippen LogP contribution in [0.15, 0.2) is 12.2 Å². The molecule has 1 saturated heterocycles. The van der Waals surface area contributed by atoms with Crippen molar-refractivity contribution in [2.24, 2.45) is 11.8 Å². The van der Waals surface area contributed by atoms with Gasteiger partial charge in [0.25, 0.3) is 0 Å². The van der Waals surface area contributed by atoms with Crippen molar-refractivity contribution in [3.05, 3.63) is 12.2 Å². The molecule has 4 heteroatoms. The van der Waals surface area contributed by atoms with Crippen LogP contribution in [0.3, 0.4) is 0 Å². The van der Waals surface area contributed by atoms with E-state index in [2.05, 4.69) is 12.2 Å². The summed E-state index contributed by atoms with van der Waals surface area (Å²) >= 11 is 0. The average molecular weight is 279 g/mol. The second-order valence-electron chi connectivity index (χ2n) is 6.12. The summed E-state index contributed by atoms with van der Waals surface area (Å²) in [5, 5.41) is 0. The zero-order valence-electron chi connectivity index (χ0n) is 12.5. The third-order valence-corrected chi connectivity index (χ3v) is 4.14. The lowest BCUT2D eigenvalue weighted by atomic mass is 9.95. The smallest absolute Gasteiger partial charge is 0.328 e. The molecule has 0 aromatic carbocycles. The largest absolute Gasteiger partial charge is 0.464 e. The first kappa shape index (κ1) is 15.1. The molecule has 1 aliphatic heterocycles. The molecule has 1 aliphatic carbocycles. The van der Waals surface area contributed by atoms with Crippen molar-refractivity contribution in [2.75, 3.05) is 13.2 Å². The predicted octanol–water partition coefficient (Wildman–Crippen LogP) is 2.53. The lowest BCUT2D eigenvalue weighted by molar-refractivity contribution is -0.155. The fraction of sp³-hybridized carbons (Fsp3) is 0.750. The number of nitrogens with zero attached hydrogens (tertiary/aromatic N) is 1. The molecule has 20 heavy (non-hydrogen) atoms. The summed E-state index contributed by atoms with van der Waals surface area (Å²) in [6, 6.07) is -0.357. The maximum atomic E-state index is 12.2. The molecule has 2 rings (SSSR count). The number of likely N-dealkylation sites (tertiary alicyclic amines) is 1. The predicted molar refractivity (Wildman–Crippen MR) is 77.0 cm³/mol. The summed E-state index contributed by atoms with van der Waals surface area (Å²) in [5.74, 6) is 0.225. The van der Waals surface area contributed by atoms with E-state index in [4.69, 9.17) is 4.74 Å². The SMILES string of the molecule is CC(C)C(=O)N1CCCC1C(=O)OCC1CC=CCC1. The summed E-state index contributed by atoms with van der Waals surface area (Å²) in [5.41, 5.74) is 0. The number of hydrogen-bond acceptors (Lipinski definition) is 3. The fourth-order valence-electron chi connectivity index (χ4n) is 2.91. The number of rotatable bonds is 4. The van der Waals surface area contributed by atoms with Crippen LogP contribution in [0.5, 0.6) is 0 Å². The van der Waals surface area contributed by atoms with Crippen LogP contribution < -0.4 is 0 Å². The van der Waals surface area contributed by atoms with E-state index in [9.17, 15) is 9.59 Å². The molecule has 0 saturated carbocycles. The Bertz CT molecular complexity index is 389. The van der Waals surface area contributed by atoms with Crippen LogP contribution in [0, 0.1) is 11.8 Å². The van der Waals surface area contributed by atoms with Crippen LogP contribution in [0.25, 0.3) is 0 Å². The molecule has 2 unspecified atom stereocenters. The number of allylic oxidation sites excluding steroid dienone is 2. The number of hydrogen-bond donors (Lipinski definition) is 0. The fourth-order valence-corrected chi connectivity index (χ4v) is 2.91. The first-order valence-corrected chi connectivity index (χ1v) is 7.71. The highest BCUT2D eigenvalue weighted by Gasteiger charge is 2.36. The number of amides is 1. The van der Waals surface area contributed by atoms with Gasteiger partial charge in [0.2, 0.25) is 5.91 Å². The molecule has 0 aromatic rings. The molecule has 0 spiro atoms. The standard InChI is InChI=1S/C16H25NO3/c1-12(2)15(18)17-10-6-9-14(17)16(19)20-11-13-7-4-3-5-8-13/h3-4,12-14H,5-11H2,1-2H3. The molecule has 0 N–H and O–H groups in total. The van der Waals surface area contributed by atoms with E-state index in [0.717, 1.165) is 32.1 Å². The van der Waals surface area contributed by atoms with Gasteiger partial charge in [0.05, 0.1) is 6.61 Å². The maximum absolute atomic E-state index is 12.2. The molecule has 2 aliphatic rings. The summed E-state index contributed by atoms with van der Waals surface area (Å²) in [6.07, 6.45) is 9.12. The van der Waals surface area contributed by atoms with Crippen LogP contribution in [0.4, 0.5) is 0 Å². The van der Waals surface area contributed by atoms with Crippen molar-refractivity contribution in [1.29, 1.82) is 0 Å². The quantitative estimate of drug-likeness (QED) is 0.587. The lowest BCUT2D eigenvalue weighted by Crippen LogP contribution is -2.43. The van der Waals surface area contributed by atoms with Gasteiger partial charge >= 0.3 is 5.97 Å². The minimum Gasteiger partial charge on any atom is -0.464 e. The van der Waals surface area contributed by atoms with Crippen molar-refractivity contribution in [2.45, 2.75) is 52.0 Å². The van der Waals surface area contributed by atoms with Gasteiger partial charge in [-0.2, -0.15) is 0 Å².